The molecule has 0 saturated heterocycles. The van der Waals surface area contributed by atoms with Crippen LogP contribution in [0.1, 0.15) is 95.8 Å². The van der Waals surface area contributed by atoms with Crippen molar-refractivity contribution in [1.29, 1.82) is 0 Å². The molecule has 134 valence electrons. The summed E-state index contributed by atoms with van der Waals surface area (Å²) in [5.41, 5.74) is 6.88. The number of hydrogen-bond acceptors (Lipinski definition) is 1. The zero-order chi connectivity index (χ0) is 17.9. The highest BCUT2D eigenvalue weighted by Crippen LogP contribution is 2.53. The van der Waals surface area contributed by atoms with Gasteiger partial charge in [0.05, 0.1) is 5.69 Å². The zero-order valence-electron chi connectivity index (χ0n) is 16.5. The van der Waals surface area contributed by atoms with Crippen molar-refractivity contribution in [1.82, 2.24) is 0 Å². The van der Waals surface area contributed by atoms with E-state index in [2.05, 4.69) is 51.7 Å². The Labute approximate surface area is 154 Å². The van der Waals surface area contributed by atoms with E-state index in [4.69, 9.17) is 4.99 Å². The fourth-order valence-corrected chi connectivity index (χ4v) is 4.50. The van der Waals surface area contributed by atoms with Crippen molar-refractivity contribution in [3.05, 3.63) is 28.8 Å². The quantitative estimate of drug-likeness (QED) is 0.403. The molecule has 1 nitrogen and oxygen atoms in total. The Morgan fingerprint density at radius 1 is 1.20 bits per heavy atom. The average molecular weight is 336 g/mol. The van der Waals surface area contributed by atoms with E-state index in [9.17, 15) is 0 Å². The Hall–Kier alpha value is -1.55. The molecule has 1 spiro atoms. The number of rotatable bonds is 6. The summed E-state index contributed by atoms with van der Waals surface area (Å²) in [4.78, 5) is 4.90. The van der Waals surface area contributed by atoms with Gasteiger partial charge in [0.1, 0.15) is 0 Å². The normalized spacial score (nSPS) is 18.2. The maximum atomic E-state index is 4.90. The van der Waals surface area contributed by atoms with Gasteiger partial charge >= 0.3 is 0 Å². The second kappa shape index (κ2) is 7.77. The molecule has 0 amide bonds. The van der Waals surface area contributed by atoms with Gasteiger partial charge < -0.3 is 0 Å². The van der Waals surface area contributed by atoms with Crippen molar-refractivity contribution >= 4 is 11.4 Å². The third-order valence-electron chi connectivity index (χ3n) is 6.31. The van der Waals surface area contributed by atoms with Gasteiger partial charge in [-0.05, 0) is 62.1 Å². The van der Waals surface area contributed by atoms with Crippen LogP contribution >= 0.6 is 0 Å². The monoisotopic (exact) mass is 335 g/mol. The summed E-state index contributed by atoms with van der Waals surface area (Å²) in [7, 11) is 0. The standard InChI is InChI=1S/C24H33N/c1-5-11-18(3)12-8-7-9-13-21-17-23-22(16-20(21)6-2)24(14-10-15-24)19(4)25-23/h16-18H,5-8,10-12,14-15H2,1-4H3. The molecule has 0 aromatic heterocycles. The highest BCUT2D eigenvalue weighted by Gasteiger charge is 2.46. The highest BCUT2D eigenvalue weighted by atomic mass is 14.8. The summed E-state index contributed by atoms with van der Waals surface area (Å²) in [5.74, 6) is 7.73. The van der Waals surface area contributed by atoms with Crippen LogP contribution in [0.15, 0.2) is 17.1 Å². The van der Waals surface area contributed by atoms with Crippen LogP contribution in [-0.2, 0) is 11.8 Å². The SMILES string of the molecule is CCCC(C)CCCC#Cc1cc2c(cc1CC)C1(CCC1)C(C)=N2. The van der Waals surface area contributed by atoms with Gasteiger partial charge in [-0.25, -0.2) is 0 Å². The number of unbranched alkanes of at least 4 members (excludes halogenated alkanes) is 1. The van der Waals surface area contributed by atoms with E-state index in [0.717, 1.165) is 18.8 Å². The minimum atomic E-state index is 0.278. The van der Waals surface area contributed by atoms with Crippen molar-refractivity contribution in [3.63, 3.8) is 0 Å². The topological polar surface area (TPSA) is 12.4 Å². The molecule has 1 aromatic carbocycles. The number of hydrogen-bond donors (Lipinski definition) is 0. The Kier molecular flexibility index (Phi) is 5.67. The van der Waals surface area contributed by atoms with Crippen molar-refractivity contribution in [2.75, 3.05) is 0 Å². The fourth-order valence-electron chi connectivity index (χ4n) is 4.50. The molecular formula is C24H33N. The molecule has 1 atom stereocenters. The summed E-state index contributed by atoms with van der Waals surface area (Å²) in [6.07, 6.45) is 11.1. The van der Waals surface area contributed by atoms with Crippen LogP contribution in [0.2, 0.25) is 0 Å². The number of nitrogens with zero attached hydrogens (tertiary/aromatic N) is 1. The molecule has 3 rings (SSSR count). The minimum Gasteiger partial charge on any atom is -0.257 e. The van der Waals surface area contributed by atoms with Gasteiger partial charge in [0, 0.05) is 23.1 Å². The van der Waals surface area contributed by atoms with Crippen molar-refractivity contribution in [2.45, 2.75) is 90.9 Å². The van der Waals surface area contributed by atoms with Crippen LogP contribution in [-0.4, -0.2) is 5.71 Å². The minimum absolute atomic E-state index is 0.278. The Bertz CT molecular complexity index is 710. The molecule has 0 radical (unpaired) electrons. The number of aliphatic imine (C=N–C) groups is 1. The van der Waals surface area contributed by atoms with Crippen LogP contribution in [0.25, 0.3) is 0 Å². The van der Waals surface area contributed by atoms with Crippen LogP contribution in [0, 0.1) is 17.8 Å². The van der Waals surface area contributed by atoms with E-state index in [1.165, 1.54) is 73.0 Å². The molecule has 1 heteroatoms. The highest BCUT2D eigenvalue weighted by molar-refractivity contribution is 6.01. The van der Waals surface area contributed by atoms with Gasteiger partial charge in [0.25, 0.3) is 0 Å². The molecule has 0 N–H and O–H groups in total. The molecule has 1 unspecified atom stereocenters. The van der Waals surface area contributed by atoms with Crippen LogP contribution in [0.5, 0.6) is 0 Å². The first-order chi connectivity index (χ1) is 12.1. The Balaban J connectivity index is 1.71. The van der Waals surface area contributed by atoms with E-state index < -0.39 is 0 Å². The van der Waals surface area contributed by atoms with E-state index in [1.807, 2.05) is 0 Å². The Morgan fingerprint density at radius 3 is 2.64 bits per heavy atom. The molecule has 1 aliphatic heterocycles. The zero-order valence-corrected chi connectivity index (χ0v) is 16.5. The van der Waals surface area contributed by atoms with E-state index in [1.54, 1.807) is 0 Å². The lowest BCUT2D eigenvalue weighted by molar-refractivity contribution is 0.345. The number of benzene rings is 1. The third-order valence-corrected chi connectivity index (χ3v) is 6.31. The lowest BCUT2D eigenvalue weighted by Gasteiger charge is -2.39. The number of fused-ring (bicyclic) bond motifs is 2. The van der Waals surface area contributed by atoms with Gasteiger partial charge in [-0.3, -0.25) is 4.99 Å². The van der Waals surface area contributed by atoms with Gasteiger partial charge in [-0.2, -0.15) is 0 Å². The van der Waals surface area contributed by atoms with E-state index in [-0.39, 0.29) is 5.41 Å². The molecular weight excluding hydrogens is 302 g/mol. The largest absolute Gasteiger partial charge is 0.257 e. The third kappa shape index (κ3) is 3.55. The molecule has 1 saturated carbocycles. The number of aryl methyl sites for hydroxylation is 1. The maximum Gasteiger partial charge on any atom is 0.0683 e. The summed E-state index contributed by atoms with van der Waals surface area (Å²) < 4.78 is 0. The van der Waals surface area contributed by atoms with Gasteiger partial charge in [0.15, 0.2) is 0 Å². The first-order valence-electron chi connectivity index (χ1n) is 10.3. The molecule has 1 fully saturated rings. The molecule has 1 heterocycles. The second-order valence-corrected chi connectivity index (χ2v) is 8.10. The van der Waals surface area contributed by atoms with Crippen LogP contribution in [0.3, 0.4) is 0 Å². The van der Waals surface area contributed by atoms with Crippen molar-refractivity contribution in [2.24, 2.45) is 10.9 Å². The van der Waals surface area contributed by atoms with Gasteiger partial charge in [-0.1, -0.05) is 57.9 Å². The summed E-state index contributed by atoms with van der Waals surface area (Å²) in [5, 5.41) is 0. The van der Waals surface area contributed by atoms with Crippen molar-refractivity contribution < 1.29 is 0 Å². The predicted octanol–water partition coefficient (Wildman–Crippen LogP) is 6.73. The average Bonchev–Trinajstić information content (AvgIpc) is 2.84. The van der Waals surface area contributed by atoms with E-state index >= 15 is 0 Å². The summed E-state index contributed by atoms with van der Waals surface area (Å²) in [6.45, 7) is 9.10. The summed E-state index contributed by atoms with van der Waals surface area (Å²) >= 11 is 0. The lowest BCUT2D eigenvalue weighted by atomic mass is 9.62. The second-order valence-electron chi connectivity index (χ2n) is 8.10. The summed E-state index contributed by atoms with van der Waals surface area (Å²) in [6, 6.07) is 4.68. The molecule has 1 aliphatic carbocycles. The molecule has 25 heavy (non-hydrogen) atoms. The first kappa shape index (κ1) is 18.2. The van der Waals surface area contributed by atoms with Crippen molar-refractivity contribution in [3.8, 4) is 11.8 Å². The van der Waals surface area contributed by atoms with Crippen LogP contribution in [0.4, 0.5) is 5.69 Å². The van der Waals surface area contributed by atoms with Crippen LogP contribution < -0.4 is 0 Å². The maximum absolute atomic E-state index is 4.90. The molecule has 2 aliphatic rings. The fraction of sp³-hybridized carbons (Fsp3) is 0.625. The lowest BCUT2D eigenvalue weighted by Crippen LogP contribution is -2.38. The molecule has 1 aromatic rings. The van der Waals surface area contributed by atoms with Gasteiger partial charge in [-0.15, -0.1) is 0 Å². The van der Waals surface area contributed by atoms with Gasteiger partial charge in [0.2, 0.25) is 0 Å². The first-order valence-corrected chi connectivity index (χ1v) is 10.3. The predicted molar refractivity (Wildman–Crippen MR) is 109 cm³/mol. The van der Waals surface area contributed by atoms with E-state index in [0.29, 0.717) is 0 Å². The molecule has 0 bridgehead atoms. The Morgan fingerprint density at radius 2 is 2.00 bits per heavy atom. The smallest absolute Gasteiger partial charge is 0.0683 e.